The molecule has 0 saturated heterocycles. The highest BCUT2D eigenvalue weighted by Crippen LogP contribution is 2.35. The second-order valence-corrected chi connectivity index (χ2v) is 6.38. The van der Waals surface area contributed by atoms with Crippen LogP contribution in [0.1, 0.15) is 22.8 Å². The molecule has 0 aliphatic heterocycles. The third-order valence-electron chi connectivity index (χ3n) is 4.62. The van der Waals surface area contributed by atoms with Gasteiger partial charge in [0.2, 0.25) is 0 Å². The summed E-state index contributed by atoms with van der Waals surface area (Å²) >= 11 is 0. The highest BCUT2D eigenvalue weighted by molar-refractivity contribution is 6.12. The van der Waals surface area contributed by atoms with E-state index in [1.165, 1.54) is 12.1 Å². The van der Waals surface area contributed by atoms with Gasteiger partial charge in [-0.3, -0.25) is 4.79 Å². The van der Waals surface area contributed by atoms with Crippen LogP contribution in [0.3, 0.4) is 0 Å². The summed E-state index contributed by atoms with van der Waals surface area (Å²) in [6.07, 6.45) is 0. The molecule has 0 aliphatic rings. The number of para-hydroxylation sites is 1. The number of hydrogen-bond acceptors (Lipinski definition) is 1. The van der Waals surface area contributed by atoms with Crippen LogP contribution in [-0.2, 0) is 6.54 Å². The monoisotopic (exact) mass is 343 g/mol. The second-order valence-electron chi connectivity index (χ2n) is 6.38. The van der Waals surface area contributed by atoms with Gasteiger partial charge in [-0.15, -0.1) is 0 Å². The fourth-order valence-corrected chi connectivity index (χ4v) is 3.50. The van der Waals surface area contributed by atoms with E-state index in [1.807, 2.05) is 42.5 Å². The number of carbonyl (C=O) groups excluding carboxylic acids is 1. The summed E-state index contributed by atoms with van der Waals surface area (Å²) in [5.74, 6) is -0.281. The van der Waals surface area contributed by atoms with E-state index in [0.29, 0.717) is 12.1 Å². The molecule has 0 unspecified atom stereocenters. The van der Waals surface area contributed by atoms with Crippen LogP contribution in [0.15, 0.2) is 78.9 Å². The van der Waals surface area contributed by atoms with Gasteiger partial charge in [0.15, 0.2) is 5.78 Å². The van der Waals surface area contributed by atoms with Crippen LogP contribution in [0.2, 0.25) is 0 Å². The highest BCUT2D eigenvalue weighted by Gasteiger charge is 2.21. The number of rotatable bonds is 4. The van der Waals surface area contributed by atoms with Crippen LogP contribution in [0.4, 0.5) is 4.39 Å². The molecule has 0 bridgehead atoms. The lowest BCUT2D eigenvalue weighted by Crippen LogP contribution is -2.04. The van der Waals surface area contributed by atoms with Crippen LogP contribution < -0.4 is 0 Å². The lowest BCUT2D eigenvalue weighted by Gasteiger charge is -2.12. The first-order valence-corrected chi connectivity index (χ1v) is 8.57. The van der Waals surface area contributed by atoms with Gasteiger partial charge in [-0.2, -0.15) is 0 Å². The Morgan fingerprint density at radius 1 is 0.885 bits per heavy atom. The van der Waals surface area contributed by atoms with Crippen LogP contribution in [0.25, 0.3) is 22.2 Å². The van der Waals surface area contributed by atoms with Gasteiger partial charge in [0.25, 0.3) is 0 Å². The highest BCUT2D eigenvalue weighted by atomic mass is 19.1. The summed E-state index contributed by atoms with van der Waals surface area (Å²) < 4.78 is 15.6. The molecule has 0 fully saturated rings. The van der Waals surface area contributed by atoms with Crippen molar-refractivity contribution in [3.05, 3.63) is 95.8 Å². The zero-order valence-corrected chi connectivity index (χ0v) is 14.4. The summed E-state index contributed by atoms with van der Waals surface area (Å²) in [7, 11) is 0. The Kier molecular flexibility index (Phi) is 4.13. The molecule has 0 aliphatic carbocycles. The number of ketones is 1. The van der Waals surface area contributed by atoms with E-state index in [0.717, 1.165) is 27.7 Å². The smallest absolute Gasteiger partial charge is 0.162 e. The molecule has 0 saturated carbocycles. The summed E-state index contributed by atoms with van der Waals surface area (Å²) in [5.41, 5.74) is 4.50. The van der Waals surface area contributed by atoms with Gasteiger partial charge in [-0.05, 0) is 48.4 Å². The molecular formula is C23H18FNO. The molecule has 128 valence electrons. The molecule has 0 N–H and O–H groups in total. The zero-order valence-electron chi connectivity index (χ0n) is 14.4. The minimum absolute atomic E-state index is 0.00679. The quantitative estimate of drug-likeness (QED) is 0.436. The lowest BCUT2D eigenvalue weighted by molar-refractivity contribution is 0.101. The second kappa shape index (κ2) is 6.60. The van der Waals surface area contributed by atoms with Crippen molar-refractivity contribution in [3.8, 4) is 11.3 Å². The standard InChI is InChI=1S/C23H18FNO/c1-16(26)22-20-9-5-6-10-21(20)25(15-17-7-3-2-4-8-17)23(22)18-11-13-19(24)14-12-18/h2-14H,15H2,1H3. The summed E-state index contributed by atoms with van der Waals surface area (Å²) in [5, 5.41) is 0.926. The number of carbonyl (C=O) groups is 1. The third-order valence-corrected chi connectivity index (χ3v) is 4.62. The maximum atomic E-state index is 13.4. The largest absolute Gasteiger partial charge is 0.335 e. The molecule has 0 atom stereocenters. The lowest BCUT2D eigenvalue weighted by atomic mass is 10.0. The number of Topliss-reactive ketones (excluding diaryl/α,β-unsaturated/α-hetero) is 1. The fourth-order valence-electron chi connectivity index (χ4n) is 3.50. The van der Waals surface area contributed by atoms with E-state index in [4.69, 9.17) is 0 Å². The number of nitrogens with zero attached hydrogens (tertiary/aromatic N) is 1. The molecule has 26 heavy (non-hydrogen) atoms. The minimum atomic E-state index is -0.288. The van der Waals surface area contributed by atoms with Crippen molar-refractivity contribution < 1.29 is 9.18 Å². The van der Waals surface area contributed by atoms with Crippen LogP contribution in [-0.4, -0.2) is 10.4 Å². The average Bonchev–Trinajstić information content (AvgIpc) is 2.98. The molecule has 1 heterocycles. The SMILES string of the molecule is CC(=O)c1c(-c2ccc(F)cc2)n(Cc2ccccc2)c2ccccc12. The molecule has 3 aromatic carbocycles. The van der Waals surface area contributed by atoms with Crippen LogP contribution >= 0.6 is 0 Å². The van der Waals surface area contributed by atoms with E-state index >= 15 is 0 Å². The molecule has 2 nitrogen and oxygen atoms in total. The maximum Gasteiger partial charge on any atom is 0.162 e. The van der Waals surface area contributed by atoms with Crippen molar-refractivity contribution in [1.82, 2.24) is 4.57 Å². The van der Waals surface area contributed by atoms with Gasteiger partial charge in [0.1, 0.15) is 5.82 Å². The fraction of sp³-hybridized carbons (Fsp3) is 0.0870. The molecule has 0 radical (unpaired) electrons. The molecule has 4 aromatic rings. The van der Waals surface area contributed by atoms with Gasteiger partial charge in [-0.25, -0.2) is 4.39 Å². The molecule has 3 heteroatoms. The Hall–Kier alpha value is -3.20. The predicted octanol–water partition coefficient (Wildman–Crippen LogP) is 5.70. The Bertz CT molecular complexity index is 1080. The van der Waals surface area contributed by atoms with E-state index in [2.05, 4.69) is 16.7 Å². The average molecular weight is 343 g/mol. The number of aromatic nitrogens is 1. The van der Waals surface area contributed by atoms with Gasteiger partial charge >= 0.3 is 0 Å². The predicted molar refractivity (Wildman–Crippen MR) is 103 cm³/mol. The van der Waals surface area contributed by atoms with Gasteiger partial charge in [0, 0.05) is 17.4 Å². The zero-order chi connectivity index (χ0) is 18.1. The van der Waals surface area contributed by atoms with Gasteiger partial charge in [-0.1, -0.05) is 48.5 Å². The summed E-state index contributed by atoms with van der Waals surface area (Å²) in [6.45, 7) is 2.23. The van der Waals surface area contributed by atoms with Crippen molar-refractivity contribution in [2.45, 2.75) is 13.5 Å². The van der Waals surface area contributed by atoms with E-state index in [9.17, 15) is 9.18 Å². The first kappa shape index (κ1) is 16.3. The third kappa shape index (κ3) is 2.82. The van der Waals surface area contributed by atoms with Gasteiger partial charge in [0.05, 0.1) is 11.3 Å². The van der Waals surface area contributed by atoms with Crippen molar-refractivity contribution in [3.63, 3.8) is 0 Å². The topological polar surface area (TPSA) is 22.0 Å². The van der Waals surface area contributed by atoms with E-state index in [1.54, 1.807) is 19.1 Å². The van der Waals surface area contributed by atoms with Crippen molar-refractivity contribution in [2.75, 3.05) is 0 Å². The first-order valence-electron chi connectivity index (χ1n) is 8.57. The Morgan fingerprint density at radius 2 is 1.54 bits per heavy atom. The number of hydrogen-bond donors (Lipinski definition) is 0. The Morgan fingerprint density at radius 3 is 2.23 bits per heavy atom. The maximum absolute atomic E-state index is 13.4. The Balaban J connectivity index is 2.03. The molecule has 0 spiro atoms. The van der Waals surface area contributed by atoms with Gasteiger partial charge < -0.3 is 4.57 Å². The molecule has 1 aromatic heterocycles. The molecule has 0 amide bonds. The molecule has 4 rings (SSSR count). The summed E-state index contributed by atoms with van der Waals surface area (Å²) in [6, 6.07) is 24.4. The van der Waals surface area contributed by atoms with Crippen LogP contribution in [0, 0.1) is 5.82 Å². The van der Waals surface area contributed by atoms with E-state index < -0.39 is 0 Å². The number of fused-ring (bicyclic) bond motifs is 1. The van der Waals surface area contributed by atoms with Crippen LogP contribution in [0.5, 0.6) is 0 Å². The van der Waals surface area contributed by atoms with Crippen molar-refractivity contribution >= 4 is 16.7 Å². The normalized spacial score (nSPS) is 11.0. The number of halogens is 1. The van der Waals surface area contributed by atoms with Crippen molar-refractivity contribution in [1.29, 1.82) is 0 Å². The summed E-state index contributed by atoms with van der Waals surface area (Å²) in [4.78, 5) is 12.5. The Labute approximate surface area is 151 Å². The minimum Gasteiger partial charge on any atom is -0.335 e. The number of benzene rings is 3. The van der Waals surface area contributed by atoms with E-state index in [-0.39, 0.29) is 11.6 Å². The first-order chi connectivity index (χ1) is 12.6. The molecular weight excluding hydrogens is 325 g/mol. The van der Waals surface area contributed by atoms with Crippen molar-refractivity contribution in [2.24, 2.45) is 0 Å².